The highest BCUT2D eigenvalue weighted by molar-refractivity contribution is 7.22. The summed E-state index contributed by atoms with van der Waals surface area (Å²) >= 11 is 1.31. The molecule has 1 aromatic carbocycles. The van der Waals surface area contributed by atoms with E-state index in [-0.39, 0.29) is 0 Å². The van der Waals surface area contributed by atoms with E-state index in [9.17, 15) is 9.59 Å². The Morgan fingerprint density at radius 2 is 2.18 bits per heavy atom. The lowest BCUT2D eigenvalue weighted by molar-refractivity contribution is -0.133. The molecule has 1 N–H and O–H groups in total. The third-order valence-electron chi connectivity index (χ3n) is 2.13. The first kappa shape index (κ1) is 11.5. The summed E-state index contributed by atoms with van der Waals surface area (Å²) in [5.74, 6) is -0.495. The van der Waals surface area contributed by atoms with Gasteiger partial charge in [-0.2, -0.15) is 0 Å². The number of Topliss-reactive ketones (excluding diaryl/α,β-unsaturated/α-hetero) is 1. The van der Waals surface area contributed by atoms with E-state index >= 15 is 0 Å². The van der Waals surface area contributed by atoms with Gasteiger partial charge >= 0.3 is 0 Å². The molecule has 0 saturated heterocycles. The van der Waals surface area contributed by atoms with Crippen molar-refractivity contribution in [3.8, 4) is 5.75 Å². The number of fused-ring (bicyclic) bond motifs is 1. The Morgan fingerprint density at radius 1 is 1.41 bits per heavy atom. The van der Waals surface area contributed by atoms with Gasteiger partial charge in [0.2, 0.25) is 5.78 Å². The number of ether oxygens (including phenoxy) is 1. The van der Waals surface area contributed by atoms with E-state index < -0.39 is 11.7 Å². The molecule has 1 aromatic heterocycles. The second-order valence-corrected chi connectivity index (χ2v) is 4.39. The number of methoxy groups -OCH3 is 1. The maximum Gasteiger partial charge on any atom is 0.293 e. The highest BCUT2D eigenvalue weighted by atomic mass is 32.1. The van der Waals surface area contributed by atoms with Gasteiger partial charge in [0.25, 0.3) is 5.91 Å². The van der Waals surface area contributed by atoms with Crippen molar-refractivity contribution in [3.63, 3.8) is 0 Å². The minimum Gasteiger partial charge on any atom is -0.497 e. The molecule has 6 heteroatoms. The summed E-state index contributed by atoms with van der Waals surface area (Å²) in [6.45, 7) is 1.21. The predicted molar refractivity (Wildman–Crippen MR) is 65.5 cm³/mol. The van der Waals surface area contributed by atoms with Gasteiger partial charge in [0.15, 0.2) is 5.13 Å². The van der Waals surface area contributed by atoms with E-state index in [0.29, 0.717) is 10.9 Å². The number of carbonyl (C=O) groups is 2. The van der Waals surface area contributed by atoms with E-state index in [1.807, 2.05) is 12.1 Å². The van der Waals surface area contributed by atoms with Gasteiger partial charge in [-0.25, -0.2) is 4.98 Å². The quantitative estimate of drug-likeness (QED) is 0.844. The summed E-state index contributed by atoms with van der Waals surface area (Å²) in [6, 6.07) is 5.45. The van der Waals surface area contributed by atoms with Crippen molar-refractivity contribution < 1.29 is 14.3 Å². The average molecular weight is 250 g/mol. The molecular weight excluding hydrogens is 240 g/mol. The van der Waals surface area contributed by atoms with Crippen LogP contribution in [0.25, 0.3) is 10.2 Å². The lowest BCUT2D eigenvalue weighted by Gasteiger charge is -1.96. The fourth-order valence-corrected chi connectivity index (χ4v) is 2.11. The first-order valence-corrected chi connectivity index (χ1v) is 5.68. The highest BCUT2D eigenvalue weighted by Crippen LogP contribution is 2.28. The van der Waals surface area contributed by atoms with Gasteiger partial charge in [0.1, 0.15) is 5.75 Å². The number of hydrogen-bond donors (Lipinski definition) is 1. The third-order valence-corrected chi connectivity index (χ3v) is 3.09. The van der Waals surface area contributed by atoms with Gasteiger partial charge in [-0.15, -0.1) is 0 Å². The van der Waals surface area contributed by atoms with Gasteiger partial charge in [-0.05, 0) is 12.1 Å². The summed E-state index contributed by atoms with van der Waals surface area (Å²) in [5.41, 5.74) is 0.730. The van der Waals surface area contributed by atoms with Crippen molar-refractivity contribution in [2.75, 3.05) is 12.4 Å². The number of carbonyl (C=O) groups excluding carboxylic acids is 2. The van der Waals surface area contributed by atoms with Crippen LogP contribution in [0.1, 0.15) is 6.92 Å². The van der Waals surface area contributed by atoms with Crippen molar-refractivity contribution >= 4 is 38.4 Å². The molecule has 17 heavy (non-hydrogen) atoms. The largest absolute Gasteiger partial charge is 0.497 e. The van der Waals surface area contributed by atoms with Crippen LogP contribution in [0.15, 0.2) is 18.2 Å². The summed E-state index contributed by atoms with van der Waals surface area (Å²) in [7, 11) is 1.58. The molecule has 0 atom stereocenters. The molecule has 1 amide bonds. The normalized spacial score (nSPS) is 10.2. The number of ketones is 1. The Labute approximate surface area is 101 Å². The number of anilines is 1. The molecule has 0 aliphatic heterocycles. The highest BCUT2D eigenvalue weighted by Gasteiger charge is 2.11. The van der Waals surface area contributed by atoms with Gasteiger partial charge in [0.05, 0.1) is 17.3 Å². The molecule has 0 radical (unpaired) electrons. The van der Waals surface area contributed by atoms with Crippen molar-refractivity contribution in [2.24, 2.45) is 0 Å². The smallest absolute Gasteiger partial charge is 0.293 e. The van der Waals surface area contributed by atoms with Crippen LogP contribution >= 0.6 is 11.3 Å². The molecule has 1 heterocycles. The summed E-state index contributed by atoms with van der Waals surface area (Å²) < 4.78 is 6.00. The molecule has 0 aliphatic rings. The Kier molecular flexibility index (Phi) is 3.06. The fraction of sp³-hybridized carbons (Fsp3) is 0.182. The minimum atomic E-state index is -0.656. The number of hydrogen-bond acceptors (Lipinski definition) is 5. The number of nitrogens with zero attached hydrogens (tertiary/aromatic N) is 1. The molecule has 0 saturated carbocycles. The zero-order chi connectivity index (χ0) is 12.4. The van der Waals surface area contributed by atoms with Crippen LogP contribution < -0.4 is 10.1 Å². The molecule has 0 unspecified atom stereocenters. The van der Waals surface area contributed by atoms with Gasteiger partial charge < -0.3 is 4.74 Å². The van der Waals surface area contributed by atoms with Crippen LogP contribution in [0, 0.1) is 0 Å². The van der Waals surface area contributed by atoms with E-state index in [0.717, 1.165) is 10.2 Å². The van der Waals surface area contributed by atoms with Crippen molar-refractivity contribution in [3.05, 3.63) is 18.2 Å². The van der Waals surface area contributed by atoms with Crippen LogP contribution in [-0.2, 0) is 9.59 Å². The summed E-state index contributed by atoms with van der Waals surface area (Å²) in [4.78, 5) is 26.2. The molecule has 0 fully saturated rings. The summed E-state index contributed by atoms with van der Waals surface area (Å²) in [6.07, 6.45) is 0. The van der Waals surface area contributed by atoms with Gasteiger partial charge in [0, 0.05) is 13.0 Å². The van der Waals surface area contributed by atoms with Crippen molar-refractivity contribution in [1.82, 2.24) is 4.98 Å². The van der Waals surface area contributed by atoms with E-state index in [1.165, 1.54) is 18.3 Å². The number of benzene rings is 1. The number of rotatable bonds is 3. The Hall–Kier alpha value is -1.95. The average Bonchev–Trinajstić information content (AvgIpc) is 2.69. The molecule has 2 rings (SSSR count). The number of thiazole rings is 1. The van der Waals surface area contributed by atoms with Crippen molar-refractivity contribution in [2.45, 2.75) is 6.92 Å². The first-order valence-electron chi connectivity index (χ1n) is 4.86. The van der Waals surface area contributed by atoms with Crippen LogP contribution in [0.2, 0.25) is 0 Å². The maximum atomic E-state index is 11.2. The zero-order valence-corrected chi connectivity index (χ0v) is 10.1. The minimum absolute atomic E-state index is 0.411. The van der Waals surface area contributed by atoms with E-state index in [1.54, 1.807) is 13.2 Å². The van der Waals surface area contributed by atoms with E-state index in [2.05, 4.69) is 10.3 Å². The molecule has 88 valence electrons. The second kappa shape index (κ2) is 4.50. The molecule has 2 aromatic rings. The lowest BCUT2D eigenvalue weighted by Crippen LogP contribution is -2.19. The summed E-state index contributed by atoms with van der Waals surface area (Å²) in [5, 5.41) is 2.86. The van der Waals surface area contributed by atoms with Crippen molar-refractivity contribution in [1.29, 1.82) is 0 Å². The van der Waals surface area contributed by atoms with Crippen LogP contribution in [0.4, 0.5) is 5.13 Å². The van der Waals surface area contributed by atoms with Crippen LogP contribution in [-0.4, -0.2) is 23.8 Å². The van der Waals surface area contributed by atoms with Gasteiger partial charge in [-0.3, -0.25) is 14.9 Å². The fourth-order valence-electron chi connectivity index (χ4n) is 1.27. The molecular formula is C11H10N2O3S. The third kappa shape index (κ3) is 2.42. The Morgan fingerprint density at radius 3 is 2.82 bits per heavy atom. The number of nitrogens with one attached hydrogen (secondary N) is 1. The van der Waals surface area contributed by atoms with Crippen LogP contribution in [0.3, 0.4) is 0 Å². The molecule has 0 bridgehead atoms. The Balaban J connectivity index is 2.31. The standard InChI is InChI=1S/C11H10N2O3S/c1-6(14)10(15)13-11-12-8-5-7(16-2)3-4-9(8)17-11/h3-5H,1-2H3,(H,12,13,15). The SMILES string of the molecule is COc1ccc2sc(NC(=O)C(C)=O)nc2c1. The lowest BCUT2D eigenvalue weighted by atomic mass is 10.3. The molecule has 5 nitrogen and oxygen atoms in total. The maximum absolute atomic E-state index is 11.2. The monoisotopic (exact) mass is 250 g/mol. The molecule has 0 spiro atoms. The number of aromatic nitrogens is 1. The molecule has 0 aliphatic carbocycles. The van der Waals surface area contributed by atoms with Gasteiger partial charge in [-0.1, -0.05) is 11.3 Å². The Bertz CT molecular complexity index is 591. The zero-order valence-electron chi connectivity index (χ0n) is 9.31. The van der Waals surface area contributed by atoms with Crippen LogP contribution in [0.5, 0.6) is 5.75 Å². The second-order valence-electron chi connectivity index (χ2n) is 3.36. The van der Waals surface area contributed by atoms with E-state index in [4.69, 9.17) is 4.74 Å². The topological polar surface area (TPSA) is 68.3 Å². The predicted octanol–water partition coefficient (Wildman–Crippen LogP) is 1.83. The first-order chi connectivity index (χ1) is 8.10. The number of amides is 1.